The first-order valence-corrected chi connectivity index (χ1v) is 12.5. The molecule has 0 aromatic heterocycles. The molecule has 2 aliphatic heterocycles. The highest BCUT2D eigenvalue weighted by Gasteiger charge is 2.46. The van der Waals surface area contributed by atoms with E-state index in [2.05, 4.69) is 0 Å². The lowest BCUT2D eigenvalue weighted by Crippen LogP contribution is -2.53. The number of carbonyl (C=O) groups excluding carboxylic acids is 2. The van der Waals surface area contributed by atoms with Crippen molar-refractivity contribution in [1.82, 2.24) is 9.80 Å². The van der Waals surface area contributed by atoms with Gasteiger partial charge in [0.15, 0.2) is 0 Å². The van der Waals surface area contributed by atoms with E-state index in [0.29, 0.717) is 25.2 Å². The van der Waals surface area contributed by atoms with E-state index < -0.39 is 12.0 Å². The van der Waals surface area contributed by atoms with Gasteiger partial charge >= 0.3 is 0 Å². The minimum atomic E-state index is -0.534. The summed E-state index contributed by atoms with van der Waals surface area (Å²) in [5.41, 5.74) is 3.29. The summed E-state index contributed by atoms with van der Waals surface area (Å²) < 4.78 is 11.3. The molecular weight excluding hydrogens is 452 g/mol. The molecule has 4 atom stereocenters. The first-order chi connectivity index (χ1) is 17.5. The Kier molecular flexibility index (Phi) is 6.79. The van der Waals surface area contributed by atoms with Gasteiger partial charge in [-0.1, -0.05) is 60.7 Å². The van der Waals surface area contributed by atoms with E-state index in [0.717, 1.165) is 22.4 Å². The van der Waals surface area contributed by atoms with E-state index in [4.69, 9.17) is 9.47 Å². The average molecular weight is 485 g/mol. The van der Waals surface area contributed by atoms with Gasteiger partial charge < -0.3 is 19.3 Å². The van der Waals surface area contributed by atoms with Gasteiger partial charge in [0.2, 0.25) is 5.91 Å². The van der Waals surface area contributed by atoms with Crippen molar-refractivity contribution in [2.75, 3.05) is 20.2 Å². The Morgan fingerprint density at radius 3 is 2.22 bits per heavy atom. The van der Waals surface area contributed by atoms with Crippen molar-refractivity contribution in [1.29, 1.82) is 0 Å². The molecule has 186 valence electrons. The number of amides is 2. The van der Waals surface area contributed by atoms with Crippen LogP contribution >= 0.6 is 0 Å². The molecule has 5 rings (SSSR count). The quantitative estimate of drug-likeness (QED) is 0.521. The van der Waals surface area contributed by atoms with Crippen LogP contribution in [0.15, 0.2) is 78.9 Å². The third-order valence-electron chi connectivity index (χ3n) is 7.09. The zero-order valence-corrected chi connectivity index (χ0v) is 21.0. The molecule has 1 fully saturated rings. The van der Waals surface area contributed by atoms with Crippen molar-refractivity contribution in [2.45, 2.75) is 44.6 Å². The van der Waals surface area contributed by atoms with Crippen LogP contribution in [0.3, 0.4) is 0 Å². The molecule has 0 saturated carbocycles. The Hall–Kier alpha value is -3.64. The number of benzene rings is 3. The zero-order valence-electron chi connectivity index (χ0n) is 21.0. The smallest absolute Gasteiger partial charge is 0.255 e. The summed E-state index contributed by atoms with van der Waals surface area (Å²) in [4.78, 5) is 32.0. The minimum absolute atomic E-state index is 0.0239. The first kappa shape index (κ1) is 24.1. The maximum atomic E-state index is 14.3. The fraction of sp³-hybridized carbons (Fsp3) is 0.333. The van der Waals surface area contributed by atoms with Gasteiger partial charge in [0.1, 0.15) is 5.75 Å². The summed E-state index contributed by atoms with van der Waals surface area (Å²) in [6.45, 7) is 5.46. The molecule has 0 spiro atoms. The maximum Gasteiger partial charge on any atom is 0.255 e. The average Bonchev–Trinajstić information content (AvgIpc) is 2.90. The van der Waals surface area contributed by atoms with Crippen molar-refractivity contribution in [2.24, 2.45) is 0 Å². The summed E-state index contributed by atoms with van der Waals surface area (Å²) >= 11 is 0. The Morgan fingerprint density at radius 2 is 1.56 bits per heavy atom. The molecule has 0 N–H and O–H groups in total. The summed E-state index contributed by atoms with van der Waals surface area (Å²) in [6, 6.07) is 24.7. The number of hydrogen-bond donors (Lipinski definition) is 0. The first-order valence-electron chi connectivity index (χ1n) is 12.5. The lowest BCUT2D eigenvalue weighted by molar-refractivity contribution is -0.146. The van der Waals surface area contributed by atoms with E-state index in [9.17, 15) is 9.59 Å². The Bertz CT molecular complexity index is 1220. The molecule has 1 saturated heterocycles. The molecule has 2 amide bonds. The van der Waals surface area contributed by atoms with E-state index in [1.807, 2.05) is 103 Å². The van der Waals surface area contributed by atoms with Gasteiger partial charge in [0.05, 0.1) is 31.3 Å². The van der Waals surface area contributed by atoms with Crippen molar-refractivity contribution < 1.29 is 19.1 Å². The summed E-state index contributed by atoms with van der Waals surface area (Å²) in [6.07, 6.45) is -0.0870. The van der Waals surface area contributed by atoms with Gasteiger partial charge in [-0.25, -0.2) is 0 Å². The molecule has 2 heterocycles. The number of ether oxygens (including phenoxy) is 2. The standard InChI is InChI=1S/C30H32N2O4/c1-20-17-31(18-21(2)36-20)30(34)27-25-11-7-8-12-26(25)29(33)32(19-22-9-5-4-6-10-22)28(27)23-13-15-24(35-3)16-14-23/h4-16,20-21,27-28H,17-19H2,1-3H3/t20-,21+,27-,28-/m0/s1. The fourth-order valence-electron chi connectivity index (χ4n) is 5.54. The second-order valence-corrected chi connectivity index (χ2v) is 9.70. The molecule has 36 heavy (non-hydrogen) atoms. The van der Waals surface area contributed by atoms with E-state index in [-0.39, 0.29) is 24.0 Å². The maximum absolute atomic E-state index is 14.3. The summed E-state index contributed by atoms with van der Waals surface area (Å²) in [5.74, 6) is 0.155. The van der Waals surface area contributed by atoms with Gasteiger partial charge in [-0.2, -0.15) is 0 Å². The van der Waals surface area contributed by atoms with Crippen LogP contribution in [0.5, 0.6) is 5.75 Å². The van der Waals surface area contributed by atoms with E-state index in [1.165, 1.54) is 0 Å². The van der Waals surface area contributed by atoms with Gasteiger partial charge in [0.25, 0.3) is 5.91 Å². The highest BCUT2D eigenvalue weighted by atomic mass is 16.5. The van der Waals surface area contributed by atoms with Gasteiger partial charge in [-0.3, -0.25) is 9.59 Å². The number of fused-ring (bicyclic) bond motifs is 1. The van der Waals surface area contributed by atoms with Crippen LogP contribution in [0.25, 0.3) is 0 Å². The second kappa shape index (κ2) is 10.2. The van der Waals surface area contributed by atoms with Crippen LogP contribution in [-0.4, -0.2) is 54.0 Å². The molecule has 2 aliphatic rings. The third-order valence-corrected chi connectivity index (χ3v) is 7.09. The third kappa shape index (κ3) is 4.61. The molecule has 0 bridgehead atoms. The summed E-state index contributed by atoms with van der Waals surface area (Å²) in [7, 11) is 1.63. The Morgan fingerprint density at radius 1 is 0.917 bits per heavy atom. The highest BCUT2D eigenvalue weighted by Crippen LogP contribution is 2.45. The predicted octanol–water partition coefficient (Wildman–Crippen LogP) is 4.81. The monoisotopic (exact) mass is 484 g/mol. The van der Waals surface area contributed by atoms with Gasteiger partial charge in [-0.15, -0.1) is 0 Å². The zero-order chi connectivity index (χ0) is 25.2. The minimum Gasteiger partial charge on any atom is -0.497 e. The van der Waals surface area contributed by atoms with Crippen LogP contribution in [0.1, 0.15) is 52.9 Å². The van der Waals surface area contributed by atoms with Crippen molar-refractivity contribution in [3.05, 3.63) is 101 Å². The molecule has 0 unspecified atom stereocenters. The van der Waals surface area contributed by atoms with Crippen molar-refractivity contribution in [3.63, 3.8) is 0 Å². The molecule has 6 nitrogen and oxygen atoms in total. The van der Waals surface area contributed by atoms with Crippen LogP contribution in [0.4, 0.5) is 0 Å². The number of hydrogen-bond acceptors (Lipinski definition) is 4. The molecule has 3 aromatic rings. The molecule has 3 aromatic carbocycles. The lowest BCUT2D eigenvalue weighted by Gasteiger charge is -2.45. The van der Waals surface area contributed by atoms with Crippen molar-refractivity contribution in [3.8, 4) is 5.75 Å². The normalized spacial score (nSPS) is 23.8. The second-order valence-electron chi connectivity index (χ2n) is 9.70. The van der Waals surface area contributed by atoms with Crippen LogP contribution in [-0.2, 0) is 16.1 Å². The number of carbonyl (C=O) groups is 2. The predicted molar refractivity (Wildman–Crippen MR) is 138 cm³/mol. The van der Waals surface area contributed by atoms with Crippen molar-refractivity contribution >= 4 is 11.8 Å². The van der Waals surface area contributed by atoms with E-state index in [1.54, 1.807) is 7.11 Å². The van der Waals surface area contributed by atoms with Gasteiger partial charge in [0, 0.05) is 25.2 Å². The molecule has 0 radical (unpaired) electrons. The topological polar surface area (TPSA) is 59.1 Å². The van der Waals surface area contributed by atoms with Crippen LogP contribution in [0.2, 0.25) is 0 Å². The lowest BCUT2D eigenvalue weighted by atomic mass is 9.78. The Labute approximate surface area is 212 Å². The number of morpholine rings is 1. The fourth-order valence-corrected chi connectivity index (χ4v) is 5.54. The largest absolute Gasteiger partial charge is 0.497 e. The number of nitrogens with zero attached hydrogens (tertiary/aromatic N) is 2. The van der Waals surface area contributed by atoms with Gasteiger partial charge in [-0.05, 0) is 48.7 Å². The number of methoxy groups -OCH3 is 1. The van der Waals surface area contributed by atoms with E-state index >= 15 is 0 Å². The molecular formula is C30H32N2O4. The van der Waals surface area contributed by atoms with Crippen LogP contribution < -0.4 is 4.74 Å². The molecule has 6 heteroatoms. The molecule has 0 aliphatic carbocycles. The SMILES string of the molecule is COc1ccc([C@H]2[C@@H](C(=O)N3C[C@@H](C)O[C@@H](C)C3)c3ccccc3C(=O)N2Cc2ccccc2)cc1. The van der Waals surface area contributed by atoms with Crippen LogP contribution in [0, 0.1) is 0 Å². The highest BCUT2D eigenvalue weighted by molar-refractivity contribution is 6.01. The number of rotatable bonds is 5. The summed E-state index contributed by atoms with van der Waals surface area (Å²) in [5, 5.41) is 0. The Balaban J connectivity index is 1.64.